The topological polar surface area (TPSA) is 49.8 Å². The fourth-order valence-electron chi connectivity index (χ4n) is 2.33. The average Bonchev–Trinajstić information content (AvgIpc) is 2.45. The third kappa shape index (κ3) is 2.20. The average molecular weight is 269 g/mol. The summed E-state index contributed by atoms with van der Waals surface area (Å²) in [4.78, 5) is 14.0. The van der Waals surface area contributed by atoms with Gasteiger partial charge < -0.3 is 14.7 Å². The van der Waals surface area contributed by atoms with Crippen LogP contribution in [0.2, 0.25) is 0 Å². The van der Waals surface area contributed by atoms with Gasteiger partial charge in [0.25, 0.3) is 5.91 Å². The van der Waals surface area contributed by atoms with Gasteiger partial charge in [-0.1, -0.05) is 30.3 Å². The summed E-state index contributed by atoms with van der Waals surface area (Å²) in [6.07, 6.45) is -0.548. The Hall–Kier alpha value is -2.49. The highest BCUT2D eigenvalue weighted by Gasteiger charge is 2.31. The van der Waals surface area contributed by atoms with Crippen molar-refractivity contribution in [1.82, 2.24) is 0 Å². The van der Waals surface area contributed by atoms with Gasteiger partial charge in [0.2, 0.25) is 0 Å². The van der Waals surface area contributed by atoms with E-state index >= 15 is 0 Å². The zero-order valence-electron chi connectivity index (χ0n) is 11.1. The van der Waals surface area contributed by atoms with Crippen LogP contribution in [-0.2, 0) is 11.3 Å². The van der Waals surface area contributed by atoms with E-state index in [0.717, 1.165) is 5.56 Å². The number of amides is 1. The molecular formula is C16H15NO3. The summed E-state index contributed by atoms with van der Waals surface area (Å²) in [6.45, 7) is 2.21. The number of anilines is 1. The Labute approximate surface area is 117 Å². The van der Waals surface area contributed by atoms with Crippen molar-refractivity contribution in [3.8, 4) is 11.5 Å². The number of fused-ring (bicyclic) bond motifs is 1. The van der Waals surface area contributed by atoms with E-state index in [1.54, 1.807) is 24.0 Å². The van der Waals surface area contributed by atoms with Crippen LogP contribution in [0.4, 0.5) is 5.69 Å². The lowest BCUT2D eigenvalue weighted by Crippen LogP contribution is -2.43. The Morgan fingerprint density at radius 1 is 1.20 bits per heavy atom. The number of ether oxygens (including phenoxy) is 1. The third-order valence-electron chi connectivity index (χ3n) is 3.34. The minimum Gasteiger partial charge on any atom is -0.508 e. The second kappa shape index (κ2) is 4.89. The van der Waals surface area contributed by atoms with Gasteiger partial charge in [-0.25, -0.2) is 0 Å². The van der Waals surface area contributed by atoms with Crippen LogP contribution in [0.25, 0.3) is 0 Å². The smallest absolute Gasteiger partial charge is 0.268 e. The fourth-order valence-corrected chi connectivity index (χ4v) is 2.33. The number of phenolic OH excluding ortho intramolecular Hbond substituents is 1. The predicted molar refractivity (Wildman–Crippen MR) is 75.8 cm³/mol. The van der Waals surface area contributed by atoms with E-state index in [-0.39, 0.29) is 11.7 Å². The molecule has 0 radical (unpaired) electrons. The molecule has 0 bridgehead atoms. The van der Waals surface area contributed by atoms with Crippen molar-refractivity contribution in [2.45, 2.75) is 19.6 Å². The van der Waals surface area contributed by atoms with E-state index in [0.29, 0.717) is 18.0 Å². The summed E-state index contributed by atoms with van der Waals surface area (Å²) >= 11 is 0. The van der Waals surface area contributed by atoms with Crippen LogP contribution in [0.3, 0.4) is 0 Å². The van der Waals surface area contributed by atoms with Crippen molar-refractivity contribution in [1.29, 1.82) is 0 Å². The highest BCUT2D eigenvalue weighted by molar-refractivity contribution is 5.99. The number of carbonyl (C=O) groups excluding carboxylic acids is 1. The van der Waals surface area contributed by atoms with E-state index < -0.39 is 6.10 Å². The van der Waals surface area contributed by atoms with E-state index in [1.165, 1.54) is 6.07 Å². The van der Waals surface area contributed by atoms with Crippen LogP contribution in [0.5, 0.6) is 11.5 Å². The van der Waals surface area contributed by atoms with Gasteiger partial charge in [-0.05, 0) is 24.6 Å². The van der Waals surface area contributed by atoms with Crippen LogP contribution < -0.4 is 9.64 Å². The second-order valence-electron chi connectivity index (χ2n) is 4.82. The first-order valence-corrected chi connectivity index (χ1v) is 6.50. The van der Waals surface area contributed by atoms with Crippen molar-refractivity contribution in [2.75, 3.05) is 4.90 Å². The van der Waals surface area contributed by atoms with Gasteiger partial charge in [-0.3, -0.25) is 4.79 Å². The normalized spacial score (nSPS) is 17.6. The molecule has 1 N–H and O–H groups in total. The number of carbonyl (C=O) groups is 1. The van der Waals surface area contributed by atoms with Crippen molar-refractivity contribution < 1.29 is 14.6 Å². The molecule has 1 aliphatic heterocycles. The largest absolute Gasteiger partial charge is 0.508 e. The number of aromatic hydroxyl groups is 1. The molecule has 3 rings (SSSR count). The van der Waals surface area contributed by atoms with Crippen LogP contribution in [0.15, 0.2) is 48.5 Å². The van der Waals surface area contributed by atoms with Gasteiger partial charge in [0, 0.05) is 6.07 Å². The monoisotopic (exact) mass is 269 g/mol. The van der Waals surface area contributed by atoms with Crippen molar-refractivity contribution in [3.63, 3.8) is 0 Å². The van der Waals surface area contributed by atoms with E-state index in [9.17, 15) is 9.90 Å². The lowest BCUT2D eigenvalue weighted by atomic mass is 10.1. The Balaban J connectivity index is 1.99. The Morgan fingerprint density at radius 3 is 2.70 bits per heavy atom. The summed E-state index contributed by atoms with van der Waals surface area (Å²) in [5, 5.41) is 9.53. The first-order valence-electron chi connectivity index (χ1n) is 6.50. The minimum absolute atomic E-state index is 0.0768. The van der Waals surface area contributed by atoms with Crippen molar-refractivity contribution in [3.05, 3.63) is 54.1 Å². The number of nitrogens with zero attached hydrogens (tertiary/aromatic N) is 1. The number of hydrogen-bond donors (Lipinski definition) is 1. The lowest BCUT2D eigenvalue weighted by Gasteiger charge is -2.33. The molecular weight excluding hydrogens is 254 g/mol. The Bertz CT molecular complexity index is 639. The molecule has 0 aliphatic carbocycles. The van der Waals surface area contributed by atoms with E-state index in [4.69, 9.17) is 4.74 Å². The lowest BCUT2D eigenvalue weighted by molar-refractivity contribution is -0.125. The summed E-state index contributed by atoms with van der Waals surface area (Å²) in [7, 11) is 0. The van der Waals surface area contributed by atoms with Gasteiger partial charge >= 0.3 is 0 Å². The van der Waals surface area contributed by atoms with E-state index in [2.05, 4.69) is 0 Å². The molecule has 0 fully saturated rings. The molecule has 2 aromatic carbocycles. The molecule has 0 aromatic heterocycles. The Morgan fingerprint density at radius 2 is 1.95 bits per heavy atom. The maximum atomic E-state index is 12.3. The van der Waals surface area contributed by atoms with Gasteiger partial charge in [0.1, 0.15) is 11.5 Å². The third-order valence-corrected chi connectivity index (χ3v) is 3.34. The van der Waals surface area contributed by atoms with Gasteiger partial charge in [-0.2, -0.15) is 0 Å². The number of hydrogen-bond acceptors (Lipinski definition) is 3. The van der Waals surface area contributed by atoms with E-state index in [1.807, 2.05) is 30.3 Å². The first-order chi connectivity index (χ1) is 9.65. The van der Waals surface area contributed by atoms with Crippen LogP contribution >= 0.6 is 0 Å². The summed E-state index contributed by atoms with van der Waals surface area (Å²) in [6, 6.07) is 14.6. The first kappa shape index (κ1) is 12.5. The van der Waals surface area contributed by atoms with Gasteiger partial charge in [0.05, 0.1) is 12.2 Å². The molecule has 4 nitrogen and oxygen atoms in total. The van der Waals surface area contributed by atoms with Crippen molar-refractivity contribution in [2.24, 2.45) is 0 Å². The quantitative estimate of drug-likeness (QED) is 0.912. The van der Waals surface area contributed by atoms with Gasteiger partial charge in [0.15, 0.2) is 6.10 Å². The van der Waals surface area contributed by atoms with Gasteiger partial charge in [-0.15, -0.1) is 0 Å². The fraction of sp³-hybridized carbons (Fsp3) is 0.188. The molecule has 20 heavy (non-hydrogen) atoms. The van der Waals surface area contributed by atoms with Crippen molar-refractivity contribution >= 4 is 11.6 Å². The molecule has 1 unspecified atom stereocenters. The second-order valence-corrected chi connectivity index (χ2v) is 4.82. The molecule has 102 valence electrons. The Kier molecular flexibility index (Phi) is 3.06. The number of rotatable bonds is 2. The molecule has 1 atom stereocenters. The predicted octanol–water partition coefficient (Wildman–Crippen LogP) is 2.71. The highest BCUT2D eigenvalue weighted by atomic mass is 16.5. The molecule has 1 aliphatic rings. The zero-order valence-corrected chi connectivity index (χ0v) is 11.1. The molecule has 2 aromatic rings. The summed E-state index contributed by atoms with van der Waals surface area (Å²) < 4.78 is 5.54. The summed E-state index contributed by atoms with van der Waals surface area (Å²) in [5.41, 5.74) is 1.74. The van der Waals surface area contributed by atoms with Crippen LogP contribution in [0, 0.1) is 0 Å². The molecule has 0 spiro atoms. The molecule has 1 heterocycles. The molecule has 0 saturated heterocycles. The zero-order chi connectivity index (χ0) is 14.1. The molecule has 1 amide bonds. The maximum Gasteiger partial charge on any atom is 0.268 e. The van der Waals surface area contributed by atoms with Crippen LogP contribution in [0.1, 0.15) is 12.5 Å². The SMILES string of the molecule is CC1Oc2cc(O)ccc2N(Cc2ccccc2)C1=O. The van der Waals surface area contributed by atoms with Crippen LogP contribution in [-0.4, -0.2) is 17.1 Å². The summed E-state index contributed by atoms with van der Waals surface area (Å²) in [5.74, 6) is 0.588. The highest BCUT2D eigenvalue weighted by Crippen LogP contribution is 2.37. The minimum atomic E-state index is -0.548. The number of benzene rings is 2. The maximum absolute atomic E-state index is 12.3. The standard InChI is InChI=1S/C16H15NO3/c1-11-16(19)17(10-12-5-3-2-4-6-12)14-8-7-13(18)9-15(14)20-11/h2-9,11,18H,10H2,1H3. The molecule has 0 saturated carbocycles. The molecule has 4 heteroatoms. The number of phenols is 1.